The van der Waals surface area contributed by atoms with Crippen molar-refractivity contribution in [3.05, 3.63) is 35.4 Å². The van der Waals surface area contributed by atoms with Crippen LogP contribution in [-0.4, -0.2) is 23.0 Å². The van der Waals surface area contributed by atoms with Crippen LogP contribution in [0.15, 0.2) is 24.3 Å². The second-order valence-corrected chi connectivity index (χ2v) is 5.55. The van der Waals surface area contributed by atoms with Crippen LogP contribution in [0.4, 0.5) is 0 Å². The number of carboxylic acid groups (broad SMARTS) is 1. The smallest absolute Gasteiger partial charge is 0.303 e. The number of benzene rings is 1. The van der Waals surface area contributed by atoms with E-state index in [9.17, 15) is 9.59 Å². The van der Waals surface area contributed by atoms with E-state index in [2.05, 4.69) is 17.4 Å². The fourth-order valence-electron chi connectivity index (χ4n) is 2.49. The van der Waals surface area contributed by atoms with Gasteiger partial charge in [0.15, 0.2) is 0 Å². The second-order valence-electron chi connectivity index (χ2n) is 5.55. The van der Waals surface area contributed by atoms with Gasteiger partial charge in [-0.3, -0.25) is 9.59 Å². The van der Waals surface area contributed by atoms with Crippen LogP contribution in [0.2, 0.25) is 0 Å². The molecule has 1 aromatic rings. The van der Waals surface area contributed by atoms with E-state index in [4.69, 9.17) is 5.11 Å². The van der Waals surface area contributed by atoms with Gasteiger partial charge in [-0.05, 0) is 42.7 Å². The number of carbonyl (C=O) groups excluding carboxylic acids is 1. The van der Waals surface area contributed by atoms with E-state index < -0.39 is 5.97 Å². The van der Waals surface area contributed by atoms with Gasteiger partial charge in [-0.1, -0.05) is 24.3 Å². The summed E-state index contributed by atoms with van der Waals surface area (Å²) in [6.45, 7) is 1.47. The minimum absolute atomic E-state index is 0.0766. The Morgan fingerprint density at radius 3 is 2.75 bits per heavy atom. The van der Waals surface area contributed by atoms with Crippen LogP contribution in [-0.2, 0) is 16.0 Å². The third-order valence-corrected chi connectivity index (χ3v) is 3.60. The summed E-state index contributed by atoms with van der Waals surface area (Å²) in [5.41, 5.74) is 2.53. The van der Waals surface area contributed by atoms with Crippen LogP contribution < -0.4 is 5.32 Å². The van der Waals surface area contributed by atoms with E-state index in [1.54, 1.807) is 0 Å². The lowest BCUT2D eigenvalue weighted by Gasteiger charge is -2.17. The molecule has 0 aromatic heterocycles. The minimum Gasteiger partial charge on any atom is -0.481 e. The molecule has 20 heavy (non-hydrogen) atoms. The molecule has 4 heteroatoms. The lowest BCUT2D eigenvalue weighted by Crippen LogP contribution is -2.35. The predicted molar refractivity (Wildman–Crippen MR) is 76.6 cm³/mol. The Balaban J connectivity index is 1.99. The first-order valence-corrected chi connectivity index (χ1v) is 7.12. The SMILES string of the molecule is CC(=O)NC(CCC(=O)O)Cc1cccc(C2CC2)c1. The van der Waals surface area contributed by atoms with Crippen LogP contribution in [0.1, 0.15) is 49.7 Å². The summed E-state index contributed by atoms with van der Waals surface area (Å²) in [5.74, 6) is -0.237. The molecule has 0 saturated heterocycles. The summed E-state index contributed by atoms with van der Waals surface area (Å²) in [6.07, 6.45) is 3.75. The molecule has 0 spiro atoms. The fourth-order valence-corrected chi connectivity index (χ4v) is 2.49. The number of hydrogen-bond donors (Lipinski definition) is 2. The van der Waals surface area contributed by atoms with E-state index >= 15 is 0 Å². The van der Waals surface area contributed by atoms with Gasteiger partial charge in [0.1, 0.15) is 0 Å². The molecule has 1 amide bonds. The Morgan fingerprint density at radius 2 is 2.15 bits per heavy atom. The van der Waals surface area contributed by atoms with Crippen molar-refractivity contribution in [2.75, 3.05) is 0 Å². The Hall–Kier alpha value is -1.84. The van der Waals surface area contributed by atoms with Gasteiger partial charge in [0.25, 0.3) is 0 Å². The highest BCUT2D eigenvalue weighted by Gasteiger charge is 2.23. The van der Waals surface area contributed by atoms with Gasteiger partial charge in [0.2, 0.25) is 5.91 Å². The topological polar surface area (TPSA) is 66.4 Å². The van der Waals surface area contributed by atoms with Gasteiger partial charge >= 0.3 is 5.97 Å². The van der Waals surface area contributed by atoms with Gasteiger partial charge in [-0.25, -0.2) is 0 Å². The van der Waals surface area contributed by atoms with Crippen LogP contribution >= 0.6 is 0 Å². The first-order valence-electron chi connectivity index (χ1n) is 7.12. The normalized spacial score (nSPS) is 15.7. The van der Waals surface area contributed by atoms with Crippen LogP contribution in [0.5, 0.6) is 0 Å². The quantitative estimate of drug-likeness (QED) is 0.803. The number of rotatable bonds is 7. The lowest BCUT2D eigenvalue weighted by molar-refractivity contribution is -0.137. The molecule has 1 fully saturated rings. The maximum Gasteiger partial charge on any atom is 0.303 e. The third kappa shape index (κ3) is 4.68. The highest BCUT2D eigenvalue weighted by Crippen LogP contribution is 2.40. The molecule has 2 rings (SSSR count). The molecular weight excluding hydrogens is 254 g/mol. The molecule has 0 aliphatic heterocycles. The van der Waals surface area contributed by atoms with Gasteiger partial charge in [-0.2, -0.15) is 0 Å². The monoisotopic (exact) mass is 275 g/mol. The zero-order chi connectivity index (χ0) is 14.5. The number of carboxylic acids is 1. The van der Waals surface area contributed by atoms with Crippen molar-refractivity contribution in [2.45, 2.75) is 51.0 Å². The van der Waals surface area contributed by atoms with Gasteiger partial charge in [0, 0.05) is 19.4 Å². The van der Waals surface area contributed by atoms with E-state index in [0.29, 0.717) is 18.8 Å². The second kappa shape index (κ2) is 6.55. The van der Waals surface area contributed by atoms with Crippen molar-refractivity contribution in [1.29, 1.82) is 0 Å². The Labute approximate surface area is 119 Å². The first-order chi connectivity index (χ1) is 9.54. The van der Waals surface area contributed by atoms with Crippen LogP contribution in [0.25, 0.3) is 0 Å². The van der Waals surface area contributed by atoms with Crippen LogP contribution in [0.3, 0.4) is 0 Å². The van der Waals surface area contributed by atoms with Crippen molar-refractivity contribution in [3.63, 3.8) is 0 Å². The fraction of sp³-hybridized carbons (Fsp3) is 0.500. The zero-order valence-electron chi connectivity index (χ0n) is 11.8. The van der Waals surface area contributed by atoms with Crippen molar-refractivity contribution >= 4 is 11.9 Å². The maximum absolute atomic E-state index is 11.2. The highest BCUT2D eigenvalue weighted by molar-refractivity contribution is 5.73. The average molecular weight is 275 g/mol. The molecule has 1 saturated carbocycles. The zero-order valence-corrected chi connectivity index (χ0v) is 11.8. The summed E-state index contributed by atoms with van der Waals surface area (Å²) >= 11 is 0. The van der Waals surface area contributed by atoms with Crippen molar-refractivity contribution in [1.82, 2.24) is 5.32 Å². The summed E-state index contributed by atoms with van der Waals surface area (Å²) in [6, 6.07) is 8.31. The Morgan fingerprint density at radius 1 is 1.40 bits per heavy atom. The molecule has 0 radical (unpaired) electrons. The molecule has 1 aromatic carbocycles. The Kier molecular flexibility index (Phi) is 4.77. The molecule has 108 valence electrons. The molecule has 4 nitrogen and oxygen atoms in total. The molecule has 1 aliphatic carbocycles. The molecular formula is C16H21NO3. The highest BCUT2D eigenvalue weighted by atomic mass is 16.4. The summed E-state index contributed by atoms with van der Waals surface area (Å²) in [4.78, 5) is 21.9. The third-order valence-electron chi connectivity index (χ3n) is 3.60. The summed E-state index contributed by atoms with van der Waals surface area (Å²) in [5, 5.41) is 11.6. The van der Waals surface area contributed by atoms with Crippen molar-refractivity contribution < 1.29 is 14.7 Å². The number of nitrogens with one attached hydrogen (secondary N) is 1. The van der Waals surface area contributed by atoms with E-state index in [-0.39, 0.29) is 18.4 Å². The molecule has 0 bridgehead atoms. The van der Waals surface area contributed by atoms with E-state index in [1.165, 1.54) is 30.9 Å². The van der Waals surface area contributed by atoms with Gasteiger partial charge < -0.3 is 10.4 Å². The number of hydrogen-bond acceptors (Lipinski definition) is 2. The van der Waals surface area contributed by atoms with E-state index in [1.807, 2.05) is 12.1 Å². The summed E-state index contributed by atoms with van der Waals surface area (Å²) < 4.78 is 0. The Bertz CT molecular complexity index is 494. The number of amides is 1. The minimum atomic E-state index is -0.827. The van der Waals surface area contributed by atoms with Crippen molar-refractivity contribution in [2.24, 2.45) is 0 Å². The predicted octanol–water partition coefficient (Wildman–Crippen LogP) is 2.48. The lowest BCUT2D eigenvalue weighted by atomic mass is 9.99. The largest absolute Gasteiger partial charge is 0.481 e. The maximum atomic E-state index is 11.2. The van der Waals surface area contributed by atoms with Gasteiger partial charge in [-0.15, -0.1) is 0 Å². The molecule has 1 unspecified atom stereocenters. The molecule has 1 atom stereocenters. The standard InChI is InChI=1S/C16H21NO3/c1-11(18)17-15(7-8-16(19)20)10-12-3-2-4-14(9-12)13-5-6-13/h2-4,9,13,15H,5-8,10H2,1H3,(H,17,18)(H,19,20). The van der Waals surface area contributed by atoms with E-state index in [0.717, 1.165) is 0 Å². The van der Waals surface area contributed by atoms with Crippen LogP contribution in [0, 0.1) is 0 Å². The average Bonchev–Trinajstić information content (AvgIpc) is 3.20. The molecule has 1 aliphatic rings. The van der Waals surface area contributed by atoms with Crippen molar-refractivity contribution in [3.8, 4) is 0 Å². The molecule has 0 heterocycles. The van der Waals surface area contributed by atoms with Gasteiger partial charge in [0.05, 0.1) is 0 Å². The molecule has 2 N–H and O–H groups in total. The summed E-state index contributed by atoms with van der Waals surface area (Å²) in [7, 11) is 0. The number of carbonyl (C=O) groups is 2. The first kappa shape index (κ1) is 14.6. The number of aliphatic carboxylic acids is 1.